The summed E-state index contributed by atoms with van der Waals surface area (Å²) in [7, 11) is 0. The zero-order valence-corrected chi connectivity index (χ0v) is 16.2. The number of pyridine rings is 2. The van der Waals surface area contributed by atoms with Crippen molar-refractivity contribution in [1.29, 1.82) is 0 Å². The van der Waals surface area contributed by atoms with Crippen LogP contribution in [0.25, 0.3) is 11.3 Å². The first kappa shape index (κ1) is 18.8. The normalized spacial score (nSPS) is 15.9. The van der Waals surface area contributed by atoms with E-state index in [1.54, 1.807) is 36.9 Å². The number of anilines is 1. The number of hydrogen-bond donors (Lipinski definition) is 1. The summed E-state index contributed by atoms with van der Waals surface area (Å²) in [4.78, 5) is 32.1. The third-order valence-corrected chi connectivity index (χ3v) is 4.70. The molecule has 1 fully saturated rings. The predicted octanol–water partition coefficient (Wildman–Crippen LogP) is 2.34. The molecule has 1 unspecified atom stereocenters. The fourth-order valence-corrected chi connectivity index (χ4v) is 3.31. The lowest BCUT2D eigenvalue weighted by Crippen LogP contribution is -2.37. The van der Waals surface area contributed by atoms with Crippen molar-refractivity contribution in [1.82, 2.24) is 25.3 Å². The molecule has 3 aromatic rings. The summed E-state index contributed by atoms with van der Waals surface area (Å²) in [6, 6.07) is 9.18. The van der Waals surface area contributed by atoms with E-state index >= 15 is 0 Å². The summed E-state index contributed by atoms with van der Waals surface area (Å²) in [5.41, 5.74) is 2.22. The van der Waals surface area contributed by atoms with Gasteiger partial charge in [-0.15, -0.1) is 0 Å². The van der Waals surface area contributed by atoms with Gasteiger partial charge in [0.25, 0.3) is 5.91 Å². The van der Waals surface area contributed by atoms with Gasteiger partial charge in [0.1, 0.15) is 5.56 Å². The van der Waals surface area contributed by atoms with Gasteiger partial charge in [0, 0.05) is 49.5 Å². The van der Waals surface area contributed by atoms with Crippen molar-refractivity contribution in [2.24, 2.45) is 0 Å². The highest BCUT2D eigenvalue weighted by molar-refractivity contribution is 5.96. The van der Waals surface area contributed by atoms with Crippen LogP contribution in [0, 0.1) is 0 Å². The Morgan fingerprint density at radius 3 is 2.93 bits per heavy atom. The number of carbonyl (C=O) groups excluding carboxylic acids is 1. The lowest BCUT2D eigenvalue weighted by molar-refractivity contribution is 0.0935. The molecule has 0 radical (unpaired) electrons. The van der Waals surface area contributed by atoms with Crippen LogP contribution in [0.1, 0.15) is 23.7 Å². The maximum Gasteiger partial charge on any atom is 0.257 e. The molecule has 3 aromatic heterocycles. The molecule has 4 rings (SSSR count). The van der Waals surface area contributed by atoms with Crippen LogP contribution in [0.15, 0.2) is 55.1 Å². The highest BCUT2D eigenvalue weighted by Gasteiger charge is 2.27. The SMILES string of the molecule is CCOc1ncccc1C(=O)NC1CCN(c2nccc(-c3cccnc3)n2)C1. The number of nitrogens with one attached hydrogen (secondary N) is 1. The van der Waals surface area contributed by atoms with E-state index in [1.165, 1.54) is 0 Å². The van der Waals surface area contributed by atoms with Gasteiger partial charge < -0.3 is 15.0 Å². The van der Waals surface area contributed by atoms with E-state index in [2.05, 4.69) is 30.2 Å². The summed E-state index contributed by atoms with van der Waals surface area (Å²) < 4.78 is 5.46. The Balaban J connectivity index is 1.43. The molecule has 29 heavy (non-hydrogen) atoms. The molecule has 8 nitrogen and oxygen atoms in total. The van der Waals surface area contributed by atoms with E-state index in [0.717, 1.165) is 24.2 Å². The maximum atomic E-state index is 12.7. The molecule has 0 saturated carbocycles. The van der Waals surface area contributed by atoms with Crippen LogP contribution < -0.4 is 15.0 Å². The molecule has 1 atom stereocenters. The minimum absolute atomic E-state index is 0.00262. The van der Waals surface area contributed by atoms with Crippen LogP contribution >= 0.6 is 0 Å². The van der Waals surface area contributed by atoms with Gasteiger partial charge in [0.15, 0.2) is 0 Å². The van der Waals surface area contributed by atoms with Crippen LogP contribution in [-0.2, 0) is 0 Å². The molecule has 148 valence electrons. The molecule has 0 bridgehead atoms. The number of carbonyl (C=O) groups is 1. The van der Waals surface area contributed by atoms with E-state index in [4.69, 9.17) is 4.74 Å². The first-order valence-electron chi connectivity index (χ1n) is 9.61. The zero-order valence-electron chi connectivity index (χ0n) is 16.2. The standard InChI is InChI=1S/C21H22N6O2/c1-2-29-20-17(6-4-10-23-20)19(28)25-16-8-12-27(14-16)21-24-11-7-18(26-21)15-5-3-9-22-13-15/h3-7,9-11,13,16H,2,8,12,14H2,1H3,(H,25,28). The minimum Gasteiger partial charge on any atom is -0.477 e. The average Bonchev–Trinajstić information content (AvgIpc) is 3.23. The van der Waals surface area contributed by atoms with Crippen molar-refractivity contribution in [3.63, 3.8) is 0 Å². The van der Waals surface area contributed by atoms with Gasteiger partial charge in [-0.2, -0.15) is 0 Å². The second-order valence-electron chi connectivity index (χ2n) is 6.68. The Labute approximate surface area is 169 Å². The molecular formula is C21H22N6O2. The van der Waals surface area contributed by atoms with E-state index in [1.807, 2.05) is 25.1 Å². The summed E-state index contributed by atoms with van der Waals surface area (Å²) in [6.45, 7) is 3.74. The molecule has 1 aliphatic rings. The van der Waals surface area contributed by atoms with Crippen molar-refractivity contribution in [2.75, 3.05) is 24.6 Å². The van der Waals surface area contributed by atoms with Crippen molar-refractivity contribution in [3.05, 3.63) is 60.7 Å². The van der Waals surface area contributed by atoms with E-state index < -0.39 is 0 Å². The fourth-order valence-electron chi connectivity index (χ4n) is 3.31. The molecule has 0 spiro atoms. The van der Waals surface area contributed by atoms with Gasteiger partial charge in [0.2, 0.25) is 11.8 Å². The first-order valence-corrected chi connectivity index (χ1v) is 9.61. The quantitative estimate of drug-likeness (QED) is 0.690. The van der Waals surface area contributed by atoms with Crippen LogP contribution in [0.3, 0.4) is 0 Å². The smallest absolute Gasteiger partial charge is 0.257 e. The number of aromatic nitrogens is 4. The predicted molar refractivity (Wildman–Crippen MR) is 109 cm³/mol. The summed E-state index contributed by atoms with van der Waals surface area (Å²) >= 11 is 0. The van der Waals surface area contributed by atoms with Crippen molar-refractivity contribution in [3.8, 4) is 17.1 Å². The van der Waals surface area contributed by atoms with Gasteiger partial charge in [-0.25, -0.2) is 15.0 Å². The summed E-state index contributed by atoms with van der Waals surface area (Å²) in [6.07, 6.45) is 7.70. The molecule has 1 saturated heterocycles. The molecule has 1 N–H and O–H groups in total. The highest BCUT2D eigenvalue weighted by atomic mass is 16.5. The van der Waals surface area contributed by atoms with Crippen molar-refractivity contribution in [2.45, 2.75) is 19.4 Å². The fraction of sp³-hybridized carbons (Fsp3) is 0.286. The third kappa shape index (κ3) is 4.31. The number of hydrogen-bond acceptors (Lipinski definition) is 7. The molecule has 1 aliphatic heterocycles. The van der Waals surface area contributed by atoms with Gasteiger partial charge in [0.05, 0.1) is 12.3 Å². The van der Waals surface area contributed by atoms with Gasteiger partial charge in [-0.05, 0) is 43.7 Å². The van der Waals surface area contributed by atoms with Gasteiger partial charge in [-0.3, -0.25) is 9.78 Å². The number of rotatable bonds is 6. The minimum atomic E-state index is -0.182. The van der Waals surface area contributed by atoms with Crippen LogP contribution in [0.4, 0.5) is 5.95 Å². The third-order valence-electron chi connectivity index (χ3n) is 4.70. The van der Waals surface area contributed by atoms with Crippen LogP contribution in [0.5, 0.6) is 5.88 Å². The topological polar surface area (TPSA) is 93.1 Å². The summed E-state index contributed by atoms with van der Waals surface area (Å²) in [5, 5.41) is 3.07. The second kappa shape index (κ2) is 8.64. The Morgan fingerprint density at radius 1 is 1.21 bits per heavy atom. The monoisotopic (exact) mass is 390 g/mol. The van der Waals surface area contributed by atoms with Gasteiger partial charge >= 0.3 is 0 Å². The van der Waals surface area contributed by atoms with Crippen molar-refractivity contribution < 1.29 is 9.53 Å². The Kier molecular flexibility index (Phi) is 5.60. The Morgan fingerprint density at radius 2 is 2.10 bits per heavy atom. The largest absolute Gasteiger partial charge is 0.477 e. The average molecular weight is 390 g/mol. The van der Waals surface area contributed by atoms with Crippen molar-refractivity contribution >= 4 is 11.9 Å². The lowest BCUT2D eigenvalue weighted by Gasteiger charge is -2.18. The van der Waals surface area contributed by atoms with E-state index in [9.17, 15) is 4.79 Å². The Bertz CT molecular complexity index is 982. The van der Waals surface area contributed by atoms with E-state index in [-0.39, 0.29) is 11.9 Å². The molecule has 8 heteroatoms. The summed E-state index contributed by atoms with van der Waals surface area (Å²) in [5.74, 6) is 0.827. The lowest BCUT2D eigenvalue weighted by atomic mass is 10.2. The molecule has 1 amide bonds. The number of amides is 1. The Hall–Kier alpha value is -3.55. The van der Waals surface area contributed by atoms with Gasteiger partial charge in [-0.1, -0.05) is 0 Å². The van der Waals surface area contributed by atoms with Crippen LogP contribution in [-0.4, -0.2) is 51.6 Å². The van der Waals surface area contributed by atoms with Crippen LogP contribution in [0.2, 0.25) is 0 Å². The zero-order chi connectivity index (χ0) is 20.1. The second-order valence-corrected chi connectivity index (χ2v) is 6.68. The highest BCUT2D eigenvalue weighted by Crippen LogP contribution is 2.21. The first-order chi connectivity index (χ1) is 14.2. The molecular weight excluding hydrogens is 368 g/mol. The van der Waals surface area contributed by atoms with E-state index in [0.29, 0.717) is 30.5 Å². The molecule has 0 aliphatic carbocycles. The molecule has 4 heterocycles. The maximum absolute atomic E-state index is 12.7. The number of nitrogens with zero attached hydrogens (tertiary/aromatic N) is 5. The molecule has 0 aromatic carbocycles. The number of ether oxygens (including phenoxy) is 1.